The number of nitrogens with zero attached hydrogens (tertiary/aromatic N) is 2. The number of carbonyl (C=O) groups excluding carboxylic acids is 1. The van der Waals surface area contributed by atoms with E-state index in [0.29, 0.717) is 17.2 Å². The molecule has 110 valence electrons. The first kappa shape index (κ1) is 16.2. The summed E-state index contributed by atoms with van der Waals surface area (Å²) in [6, 6.07) is -0.162. The van der Waals surface area contributed by atoms with Gasteiger partial charge in [0.05, 0.1) is 12.2 Å². The van der Waals surface area contributed by atoms with Crippen molar-refractivity contribution >= 4 is 23.3 Å². The standard InChI is InChI=1S/C13H19N3O3S/c1-5-6-16(8(2)3)13(19)14-7-10-15-9(4)11(20-10)12(17)18/h5,8H,1,6-7H2,2-4H3,(H,14,19)(H,17,18). The van der Waals surface area contributed by atoms with Crippen LogP contribution in [-0.2, 0) is 6.54 Å². The van der Waals surface area contributed by atoms with Gasteiger partial charge in [-0.05, 0) is 20.8 Å². The molecule has 0 saturated heterocycles. The SMILES string of the molecule is C=CCN(C(=O)NCc1nc(C)c(C(=O)O)s1)C(C)C. The Morgan fingerprint density at radius 1 is 1.55 bits per heavy atom. The number of rotatable bonds is 6. The van der Waals surface area contributed by atoms with E-state index in [1.807, 2.05) is 13.8 Å². The maximum Gasteiger partial charge on any atom is 0.347 e. The molecule has 1 aromatic heterocycles. The second-order valence-electron chi connectivity index (χ2n) is 4.52. The molecule has 0 atom stereocenters. The van der Waals surface area contributed by atoms with Crippen LogP contribution < -0.4 is 5.32 Å². The molecule has 0 bridgehead atoms. The minimum absolute atomic E-state index is 0.0561. The highest BCUT2D eigenvalue weighted by Gasteiger charge is 2.17. The Hall–Kier alpha value is -1.89. The number of carbonyl (C=O) groups is 2. The average molecular weight is 297 g/mol. The van der Waals surface area contributed by atoms with Crippen molar-refractivity contribution in [3.63, 3.8) is 0 Å². The van der Waals surface area contributed by atoms with Crippen molar-refractivity contribution in [1.82, 2.24) is 15.2 Å². The van der Waals surface area contributed by atoms with Crippen LogP contribution in [0.3, 0.4) is 0 Å². The molecule has 0 aliphatic rings. The molecule has 1 aromatic rings. The van der Waals surface area contributed by atoms with Gasteiger partial charge in [0.15, 0.2) is 0 Å². The van der Waals surface area contributed by atoms with Gasteiger partial charge in [-0.3, -0.25) is 0 Å². The zero-order chi connectivity index (χ0) is 15.3. The van der Waals surface area contributed by atoms with Gasteiger partial charge in [-0.15, -0.1) is 17.9 Å². The summed E-state index contributed by atoms with van der Waals surface area (Å²) in [6.45, 7) is 9.77. The molecule has 2 N–H and O–H groups in total. The van der Waals surface area contributed by atoms with E-state index >= 15 is 0 Å². The summed E-state index contributed by atoms with van der Waals surface area (Å²) in [6.07, 6.45) is 1.66. The molecule has 7 heteroatoms. The second kappa shape index (κ2) is 7.04. The fraction of sp³-hybridized carbons (Fsp3) is 0.462. The number of carboxylic acids is 1. The molecule has 0 aromatic carbocycles. The molecular weight excluding hydrogens is 278 g/mol. The van der Waals surface area contributed by atoms with Gasteiger partial charge in [0.1, 0.15) is 9.88 Å². The number of aromatic nitrogens is 1. The monoisotopic (exact) mass is 297 g/mol. The Kier molecular flexibility index (Phi) is 5.69. The normalized spacial score (nSPS) is 10.4. The molecule has 2 amide bonds. The third-order valence-electron chi connectivity index (χ3n) is 2.64. The van der Waals surface area contributed by atoms with E-state index in [9.17, 15) is 9.59 Å². The lowest BCUT2D eigenvalue weighted by molar-refractivity contribution is 0.0701. The third-order valence-corrected chi connectivity index (χ3v) is 3.78. The first-order valence-corrected chi connectivity index (χ1v) is 7.03. The summed E-state index contributed by atoms with van der Waals surface area (Å²) in [5.74, 6) is -0.993. The van der Waals surface area contributed by atoms with Crippen LogP contribution in [0.2, 0.25) is 0 Å². The largest absolute Gasteiger partial charge is 0.477 e. The Morgan fingerprint density at radius 3 is 2.65 bits per heavy atom. The zero-order valence-corrected chi connectivity index (χ0v) is 12.7. The molecular formula is C13H19N3O3S. The van der Waals surface area contributed by atoms with Crippen LogP contribution in [0.4, 0.5) is 4.79 Å². The molecule has 0 saturated carbocycles. The van der Waals surface area contributed by atoms with E-state index in [4.69, 9.17) is 5.11 Å². The van der Waals surface area contributed by atoms with Crippen LogP contribution in [-0.4, -0.2) is 39.6 Å². The van der Waals surface area contributed by atoms with Gasteiger partial charge in [-0.2, -0.15) is 0 Å². The number of amides is 2. The van der Waals surface area contributed by atoms with E-state index in [-0.39, 0.29) is 23.5 Å². The van der Waals surface area contributed by atoms with Crippen LogP contribution in [0.1, 0.15) is 34.2 Å². The predicted molar refractivity (Wildman–Crippen MR) is 78.1 cm³/mol. The van der Waals surface area contributed by atoms with Crippen LogP contribution in [0.5, 0.6) is 0 Å². The van der Waals surface area contributed by atoms with Gasteiger partial charge in [-0.25, -0.2) is 14.6 Å². The molecule has 0 fully saturated rings. The van der Waals surface area contributed by atoms with Gasteiger partial charge in [-0.1, -0.05) is 6.08 Å². The summed E-state index contributed by atoms with van der Waals surface area (Å²) >= 11 is 1.08. The number of urea groups is 1. The van der Waals surface area contributed by atoms with Crippen molar-refractivity contribution in [2.45, 2.75) is 33.4 Å². The van der Waals surface area contributed by atoms with E-state index < -0.39 is 5.97 Å². The van der Waals surface area contributed by atoms with Crippen LogP contribution >= 0.6 is 11.3 Å². The topological polar surface area (TPSA) is 82.5 Å². The quantitative estimate of drug-likeness (QED) is 0.789. The number of carboxylic acid groups (broad SMARTS) is 1. The molecule has 20 heavy (non-hydrogen) atoms. The Labute approximate surface area is 122 Å². The summed E-state index contributed by atoms with van der Waals surface area (Å²) in [5, 5.41) is 12.3. The van der Waals surface area contributed by atoms with Gasteiger partial charge >= 0.3 is 12.0 Å². The van der Waals surface area contributed by atoms with E-state index in [0.717, 1.165) is 11.3 Å². The molecule has 6 nitrogen and oxygen atoms in total. The zero-order valence-electron chi connectivity index (χ0n) is 11.8. The first-order chi connectivity index (χ1) is 9.36. The van der Waals surface area contributed by atoms with Gasteiger partial charge in [0.25, 0.3) is 0 Å². The van der Waals surface area contributed by atoms with Gasteiger partial charge < -0.3 is 15.3 Å². The van der Waals surface area contributed by atoms with Crippen molar-refractivity contribution in [1.29, 1.82) is 0 Å². The number of hydrogen-bond donors (Lipinski definition) is 2. The number of thiazole rings is 1. The maximum absolute atomic E-state index is 12.0. The minimum atomic E-state index is -0.993. The predicted octanol–water partition coefficient (Wildman–Crippen LogP) is 2.26. The maximum atomic E-state index is 12.0. The van der Waals surface area contributed by atoms with Gasteiger partial charge in [0, 0.05) is 12.6 Å². The van der Waals surface area contributed by atoms with Crippen molar-refractivity contribution in [2.24, 2.45) is 0 Å². The molecule has 1 rings (SSSR count). The highest BCUT2D eigenvalue weighted by Crippen LogP contribution is 2.17. The number of aromatic carboxylic acids is 1. The molecule has 0 radical (unpaired) electrons. The van der Waals surface area contributed by atoms with E-state index in [2.05, 4.69) is 16.9 Å². The lowest BCUT2D eigenvalue weighted by Gasteiger charge is -2.25. The third kappa shape index (κ3) is 4.06. The van der Waals surface area contributed by atoms with Crippen molar-refractivity contribution < 1.29 is 14.7 Å². The van der Waals surface area contributed by atoms with E-state index in [1.54, 1.807) is 17.9 Å². The average Bonchev–Trinajstić information content (AvgIpc) is 2.74. The fourth-order valence-electron chi connectivity index (χ4n) is 1.65. The number of nitrogens with one attached hydrogen (secondary N) is 1. The molecule has 0 aliphatic heterocycles. The lowest BCUT2D eigenvalue weighted by Crippen LogP contribution is -2.43. The Bertz CT molecular complexity index is 511. The lowest BCUT2D eigenvalue weighted by atomic mass is 10.3. The minimum Gasteiger partial charge on any atom is -0.477 e. The fourth-order valence-corrected chi connectivity index (χ4v) is 2.49. The van der Waals surface area contributed by atoms with Crippen LogP contribution in [0.25, 0.3) is 0 Å². The van der Waals surface area contributed by atoms with Crippen molar-refractivity contribution in [3.05, 3.63) is 28.2 Å². The Morgan fingerprint density at radius 2 is 2.20 bits per heavy atom. The molecule has 0 unspecified atom stereocenters. The summed E-state index contributed by atoms with van der Waals surface area (Å²) in [5.41, 5.74) is 0.471. The van der Waals surface area contributed by atoms with Crippen LogP contribution in [0.15, 0.2) is 12.7 Å². The second-order valence-corrected chi connectivity index (χ2v) is 5.60. The summed E-state index contributed by atoms with van der Waals surface area (Å²) < 4.78 is 0. The summed E-state index contributed by atoms with van der Waals surface area (Å²) in [4.78, 5) is 28.9. The highest BCUT2D eigenvalue weighted by atomic mass is 32.1. The Balaban J connectivity index is 2.66. The smallest absolute Gasteiger partial charge is 0.347 e. The first-order valence-electron chi connectivity index (χ1n) is 6.21. The molecule has 0 aliphatic carbocycles. The van der Waals surface area contributed by atoms with E-state index in [1.165, 1.54) is 0 Å². The summed E-state index contributed by atoms with van der Waals surface area (Å²) in [7, 11) is 0. The number of hydrogen-bond acceptors (Lipinski definition) is 4. The molecule has 0 spiro atoms. The van der Waals surface area contributed by atoms with Crippen molar-refractivity contribution in [2.75, 3.05) is 6.54 Å². The highest BCUT2D eigenvalue weighted by molar-refractivity contribution is 7.13. The van der Waals surface area contributed by atoms with Crippen LogP contribution in [0, 0.1) is 6.92 Å². The van der Waals surface area contributed by atoms with Gasteiger partial charge in [0.2, 0.25) is 0 Å². The molecule has 1 heterocycles. The number of aryl methyl sites for hydroxylation is 1. The van der Waals surface area contributed by atoms with Crippen molar-refractivity contribution in [3.8, 4) is 0 Å².